The molecule has 2 heteroatoms. The zero-order valence-electron chi connectivity index (χ0n) is 9.19. The normalized spacial score (nSPS) is 19.0. The molecule has 15 heavy (non-hydrogen) atoms. The minimum atomic E-state index is -2.49. The molecule has 1 aliphatic carbocycles. The monoisotopic (exact) mass is 210 g/mol. The summed E-state index contributed by atoms with van der Waals surface area (Å²) in [7, 11) is 0. The SMILES string of the molecule is CC(C)c1ccc2c(c1)CCC(F)(F)C2. The average molecular weight is 210 g/mol. The Hall–Kier alpha value is -0.920. The molecule has 82 valence electrons. The van der Waals surface area contributed by atoms with Crippen molar-refractivity contribution in [2.45, 2.75) is 45.0 Å². The molecule has 2 rings (SSSR count). The smallest absolute Gasteiger partial charge is 0.207 e. The second-order valence-corrected chi connectivity index (χ2v) is 4.72. The van der Waals surface area contributed by atoms with Crippen molar-refractivity contribution in [1.82, 2.24) is 0 Å². The molecule has 0 saturated carbocycles. The van der Waals surface area contributed by atoms with Gasteiger partial charge in [-0.25, -0.2) is 8.78 Å². The molecule has 0 fully saturated rings. The van der Waals surface area contributed by atoms with Crippen LogP contribution in [0.25, 0.3) is 0 Å². The number of fused-ring (bicyclic) bond motifs is 1. The van der Waals surface area contributed by atoms with Crippen LogP contribution in [-0.4, -0.2) is 5.92 Å². The Kier molecular flexibility index (Phi) is 2.53. The molecule has 0 N–H and O–H groups in total. The second-order valence-electron chi connectivity index (χ2n) is 4.72. The molecule has 0 aromatic heterocycles. The summed E-state index contributed by atoms with van der Waals surface area (Å²) in [4.78, 5) is 0. The van der Waals surface area contributed by atoms with E-state index in [9.17, 15) is 8.78 Å². The highest BCUT2D eigenvalue weighted by atomic mass is 19.3. The zero-order chi connectivity index (χ0) is 11.1. The molecule has 1 aliphatic rings. The summed E-state index contributed by atoms with van der Waals surface area (Å²) in [5, 5.41) is 0. The molecule has 0 amide bonds. The van der Waals surface area contributed by atoms with Crippen molar-refractivity contribution < 1.29 is 8.78 Å². The van der Waals surface area contributed by atoms with Gasteiger partial charge in [-0.15, -0.1) is 0 Å². The highest BCUT2D eigenvalue weighted by molar-refractivity contribution is 5.36. The van der Waals surface area contributed by atoms with E-state index >= 15 is 0 Å². The van der Waals surface area contributed by atoms with E-state index < -0.39 is 5.92 Å². The molecule has 1 aromatic carbocycles. The molecule has 0 aliphatic heterocycles. The zero-order valence-corrected chi connectivity index (χ0v) is 9.19. The number of rotatable bonds is 1. The highest BCUT2D eigenvalue weighted by Crippen LogP contribution is 2.34. The first-order valence-corrected chi connectivity index (χ1v) is 5.47. The summed E-state index contributed by atoms with van der Waals surface area (Å²) in [6.07, 6.45) is 0.436. The van der Waals surface area contributed by atoms with Crippen LogP contribution >= 0.6 is 0 Å². The summed E-state index contributed by atoms with van der Waals surface area (Å²) in [5.41, 5.74) is 3.20. The molecule has 0 bridgehead atoms. The molecular formula is C13H16F2. The molecule has 1 aromatic rings. The first-order valence-electron chi connectivity index (χ1n) is 5.47. The Labute approximate surface area is 89.3 Å². The van der Waals surface area contributed by atoms with Gasteiger partial charge in [0.05, 0.1) is 0 Å². The highest BCUT2D eigenvalue weighted by Gasteiger charge is 2.33. The number of aryl methyl sites for hydroxylation is 1. The maximum atomic E-state index is 13.1. The van der Waals surface area contributed by atoms with Crippen molar-refractivity contribution in [3.63, 3.8) is 0 Å². The summed E-state index contributed by atoms with van der Waals surface area (Å²) < 4.78 is 26.3. The fourth-order valence-corrected chi connectivity index (χ4v) is 2.09. The van der Waals surface area contributed by atoms with Crippen LogP contribution in [0.15, 0.2) is 18.2 Å². The van der Waals surface area contributed by atoms with Crippen LogP contribution in [0.3, 0.4) is 0 Å². The Balaban J connectivity index is 2.32. The topological polar surface area (TPSA) is 0 Å². The van der Waals surface area contributed by atoms with E-state index in [1.807, 2.05) is 12.1 Å². The Morgan fingerprint density at radius 2 is 1.93 bits per heavy atom. The van der Waals surface area contributed by atoms with Gasteiger partial charge in [-0.05, 0) is 29.0 Å². The van der Waals surface area contributed by atoms with Gasteiger partial charge in [0.15, 0.2) is 0 Å². The Morgan fingerprint density at radius 3 is 2.60 bits per heavy atom. The van der Waals surface area contributed by atoms with Crippen molar-refractivity contribution in [1.29, 1.82) is 0 Å². The second kappa shape index (κ2) is 3.58. The number of alkyl halides is 2. The fraction of sp³-hybridized carbons (Fsp3) is 0.538. The molecule has 0 saturated heterocycles. The maximum Gasteiger partial charge on any atom is 0.252 e. The molecule has 0 nitrogen and oxygen atoms in total. The van der Waals surface area contributed by atoms with Gasteiger partial charge in [0, 0.05) is 12.8 Å². The third-order valence-corrected chi connectivity index (χ3v) is 3.11. The van der Waals surface area contributed by atoms with Crippen LogP contribution in [0.4, 0.5) is 8.78 Å². The van der Waals surface area contributed by atoms with Crippen LogP contribution in [0, 0.1) is 0 Å². The lowest BCUT2D eigenvalue weighted by Gasteiger charge is -2.25. The van der Waals surface area contributed by atoms with Crippen LogP contribution in [0.5, 0.6) is 0 Å². The van der Waals surface area contributed by atoms with E-state index in [1.165, 1.54) is 5.56 Å². The lowest BCUT2D eigenvalue weighted by atomic mass is 9.86. The minimum Gasteiger partial charge on any atom is -0.207 e. The van der Waals surface area contributed by atoms with Gasteiger partial charge in [0.25, 0.3) is 5.92 Å². The van der Waals surface area contributed by atoms with Crippen molar-refractivity contribution in [3.05, 3.63) is 34.9 Å². The standard InChI is InChI=1S/C13H16F2/c1-9(2)10-3-4-12-8-13(14,15)6-5-11(12)7-10/h3-4,7,9H,5-6,8H2,1-2H3. The lowest BCUT2D eigenvalue weighted by molar-refractivity contribution is -0.0122. The van der Waals surface area contributed by atoms with Crippen molar-refractivity contribution >= 4 is 0 Å². The number of benzene rings is 1. The molecule has 0 atom stereocenters. The molecule has 0 radical (unpaired) electrons. The van der Waals surface area contributed by atoms with Crippen LogP contribution in [0.1, 0.15) is 42.9 Å². The van der Waals surface area contributed by atoms with E-state index in [1.54, 1.807) is 0 Å². The Bertz CT molecular complexity index is 367. The third kappa shape index (κ3) is 2.19. The predicted molar refractivity (Wildman–Crippen MR) is 57.5 cm³/mol. The third-order valence-electron chi connectivity index (χ3n) is 3.11. The van der Waals surface area contributed by atoms with Crippen LogP contribution < -0.4 is 0 Å². The van der Waals surface area contributed by atoms with Crippen LogP contribution in [0.2, 0.25) is 0 Å². The Morgan fingerprint density at radius 1 is 1.20 bits per heavy atom. The van der Waals surface area contributed by atoms with E-state index in [0.717, 1.165) is 11.1 Å². The quantitative estimate of drug-likeness (QED) is 0.658. The van der Waals surface area contributed by atoms with Gasteiger partial charge in [-0.3, -0.25) is 0 Å². The fourth-order valence-electron chi connectivity index (χ4n) is 2.09. The summed E-state index contributed by atoms with van der Waals surface area (Å²) in [6, 6.07) is 5.94. The number of hydrogen-bond acceptors (Lipinski definition) is 0. The predicted octanol–water partition coefficient (Wildman–Crippen LogP) is 3.93. The van der Waals surface area contributed by atoms with E-state index in [-0.39, 0.29) is 12.8 Å². The van der Waals surface area contributed by atoms with Gasteiger partial charge < -0.3 is 0 Å². The van der Waals surface area contributed by atoms with Crippen molar-refractivity contribution in [2.24, 2.45) is 0 Å². The summed E-state index contributed by atoms with van der Waals surface area (Å²) >= 11 is 0. The van der Waals surface area contributed by atoms with Crippen molar-refractivity contribution in [3.8, 4) is 0 Å². The van der Waals surface area contributed by atoms with Gasteiger partial charge in [0.1, 0.15) is 0 Å². The maximum absolute atomic E-state index is 13.1. The largest absolute Gasteiger partial charge is 0.252 e. The molecule has 0 spiro atoms. The van der Waals surface area contributed by atoms with E-state index in [4.69, 9.17) is 0 Å². The van der Waals surface area contributed by atoms with Crippen LogP contribution in [-0.2, 0) is 12.8 Å². The van der Waals surface area contributed by atoms with E-state index in [2.05, 4.69) is 19.9 Å². The minimum absolute atomic E-state index is 0.00154. The molecule has 0 heterocycles. The first-order chi connectivity index (χ1) is 6.98. The number of halogens is 2. The van der Waals surface area contributed by atoms with Crippen molar-refractivity contribution in [2.75, 3.05) is 0 Å². The first kappa shape index (κ1) is 10.6. The number of hydrogen-bond donors (Lipinski definition) is 0. The van der Waals surface area contributed by atoms with E-state index in [0.29, 0.717) is 12.3 Å². The van der Waals surface area contributed by atoms with Gasteiger partial charge in [0.2, 0.25) is 0 Å². The average Bonchev–Trinajstić information content (AvgIpc) is 2.15. The summed E-state index contributed by atoms with van der Waals surface area (Å²) in [5.74, 6) is -2.02. The van der Waals surface area contributed by atoms with Gasteiger partial charge in [-0.1, -0.05) is 32.0 Å². The summed E-state index contributed by atoms with van der Waals surface area (Å²) in [6.45, 7) is 4.25. The van der Waals surface area contributed by atoms with Gasteiger partial charge in [-0.2, -0.15) is 0 Å². The van der Waals surface area contributed by atoms with Gasteiger partial charge >= 0.3 is 0 Å². The lowest BCUT2D eigenvalue weighted by Crippen LogP contribution is -2.25. The molecular weight excluding hydrogens is 194 g/mol. The molecule has 0 unspecified atom stereocenters.